The van der Waals surface area contributed by atoms with Crippen LogP contribution in [0.5, 0.6) is 0 Å². The number of benzene rings is 3. The van der Waals surface area contributed by atoms with E-state index in [1.54, 1.807) is 0 Å². The van der Waals surface area contributed by atoms with Crippen LogP contribution in [0.3, 0.4) is 0 Å². The van der Waals surface area contributed by atoms with Gasteiger partial charge in [0.15, 0.2) is 0 Å². The summed E-state index contributed by atoms with van der Waals surface area (Å²) < 4.78 is 28.0. The summed E-state index contributed by atoms with van der Waals surface area (Å²) in [5.41, 5.74) is 3.44. The number of carbonyl (C=O) groups excluding carboxylic acids is 1. The van der Waals surface area contributed by atoms with Gasteiger partial charge in [-0.05, 0) is 47.2 Å². The molecule has 32 heavy (non-hydrogen) atoms. The van der Waals surface area contributed by atoms with Gasteiger partial charge >= 0.3 is 0 Å². The van der Waals surface area contributed by atoms with Crippen molar-refractivity contribution in [2.45, 2.75) is 30.7 Å². The zero-order chi connectivity index (χ0) is 22.7. The van der Waals surface area contributed by atoms with Crippen molar-refractivity contribution in [2.24, 2.45) is 0 Å². The lowest BCUT2D eigenvalue weighted by Crippen LogP contribution is -2.36. The first-order valence-electron chi connectivity index (χ1n) is 10.6. The first kappa shape index (κ1) is 22.5. The summed E-state index contributed by atoms with van der Waals surface area (Å²) in [6, 6.07) is 22.0. The number of rotatable bonds is 6. The fourth-order valence-corrected chi connectivity index (χ4v) is 5.55. The minimum absolute atomic E-state index is 0.0718. The summed E-state index contributed by atoms with van der Waals surface area (Å²) >= 11 is 6.26. The molecule has 1 atom stereocenters. The van der Waals surface area contributed by atoms with Gasteiger partial charge in [0.05, 0.1) is 15.5 Å². The maximum Gasteiger partial charge on any atom is 0.252 e. The van der Waals surface area contributed by atoms with Crippen LogP contribution in [-0.4, -0.2) is 31.7 Å². The van der Waals surface area contributed by atoms with Crippen molar-refractivity contribution in [3.05, 3.63) is 100 Å². The number of fused-ring (bicyclic) bond motifs is 1. The largest absolute Gasteiger partial charge is 0.351 e. The Morgan fingerprint density at radius 2 is 1.72 bits per heavy atom. The van der Waals surface area contributed by atoms with Gasteiger partial charge in [0, 0.05) is 19.6 Å². The molecule has 1 aliphatic rings. The number of sulfonamides is 1. The molecule has 0 fully saturated rings. The molecule has 5 nitrogen and oxygen atoms in total. The molecule has 0 spiro atoms. The van der Waals surface area contributed by atoms with Gasteiger partial charge in [-0.1, -0.05) is 73.1 Å². The van der Waals surface area contributed by atoms with Gasteiger partial charge < -0.3 is 5.32 Å². The number of hydrogen-bond donors (Lipinski definition) is 1. The summed E-state index contributed by atoms with van der Waals surface area (Å²) in [5.74, 6) is -0.280. The Balaban J connectivity index is 1.51. The number of carbonyl (C=O) groups is 1. The summed E-state index contributed by atoms with van der Waals surface area (Å²) in [4.78, 5) is 12.9. The van der Waals surface area contributed by atoms with E-state index in [9.17, 15) is 13.2 Å². The van der Waals surface area contributed by atoms with Crippen molar-refractivity contribution >= 4 is 27.5 Å². The molecule has 3 aromatic rings. The van der Waals surface area contributed by atoms with Gasteiger partial charge in [0.1, 0.15) is 0 Å². The Morgan fingerprint density at radius 3 is 2.47 bits per heavy atom. The van der Waals surface area contributed by atoms with Gasteiger partial charge in [-0.3, -0.25) is 4.79 Å². The third-order valence-corrected chi connectivity index (χ3v) is 8.02. The fourth-order valence-electron chi connectivity index (χ4n) is 3.90. The third-order valence-electron chi connectivity index (χ3n) is 5.85. The van der Waals surface area contributed by atoms with E-state index in [2.05, 4.69) is 5.32 Å². The lowest BCUT2D eigenvalue weighted by atomic mass is 10.0. The Bertz CT molecular complexity index is 1230. The first-order valence-corrected chi connectivity index (χ1v) is 12.4. The SMILES string of the molecule is CC(CNC(=O)c1cc(S(=O)(=O)N2CCc3ccccc3C2)ccc1Cl)c1ccccc1. The van der Waals surface area contributed by atoms with Crippen LogP contribution in [0.2, 0.25) is 5.02 Å². The van der Waals surface area contributed by atoms with E-state index in [1.165, 1.54) is 28.1 Å². The third kappa shape index (κ3) is 4.72. The minimum Gasteiger partial charge on any atom is -0.351 e. The Morgan fingerprint density at radius 1 is 1.03 bits per heavy atom. The van der Waals surface area contributed by atoms with Crippen LogP contribution >= 0.6 is 11.6 Å². The van der Waals surface area contributed by atoms with Crippen molar-refractivity contribution < 1.29 is 13.2 Å². The molecule has 1 amide bonds. The zero-order valence-corrected chi connectivity index (χ0v) is 19.4. The van der Waals surface area contributed by atoms with E-state index in [-0.39, 0.29) is 27.3 Å². The highest BCUT2D eigenvalue weighted by molar-refractivity contribution is 7.89. The molecule has 0 bridgehead atoms. The number of hydrogen-bond acceptors (Lipinski definition) is 3. The molecule has 1 aliphatic heterocycles. The molecule has 1 heterocycles. The number of halogens is 1. The molecule has 1 unspecified atom stereocenters. The summed E-state index contributed by atoms with van der Waals surface area (Å²) in [6.45, 7) is 3.15. The first-order chi connectivity index (χ1) is 15.4. The number of amides is 1. The van der Waals surface area contributed by atoms with Gasteiger partial charge in [0.2, 0.25) is 10.0 Å². The van der Waals surface area contributed by atoms with Crippen LogP contribution < -0.4 is 5.32 Å². The topological polar surface area (TPSA) is 66.5 Å². The molecular weight excluding hydrogens is 444 g/mol. The van der Waals surface area contributed by atoms with Crippen LogP contribution in [0.25, 0.3) is 0 Å². The average molecular weight is 469 g/mol. The second kappa shape index (κ2) is 9.45. The van der Waals surface area contributed by atoms with Crippen LogP contribution in [-0.2, 0) is 23.0 Å². The van der Waals surface area contributed by atoms with Crippen molar-refractivity contribution in [1.82, 2.24) is 9.62 Å². The minimum atomic E-state index is -3.76. The Hall–Kier alpha value is -2.67. The highest BCUT2D eigenvalue weighted by Crippen LogP contribution is 2.27. The Kier molecular flexibility index (Phi) is 6.65. The second-order valence-electron chi connectivity index (χ2n) is 8.02. The Labute approximate surface area is 194 Å². The monoisotopic (exact) mass is 468 g/mol. The van der Waals surface area contributed by atoms with Crippen LogP contribution in [0.4, 0.5) is 0 Å². The van der Waals surface area contributed by atoms with Crippen LogP contribution in [0.15, 0.2) is 77.7 Å². The molecule has 0 saturated carbocycles. The van der Waals surface area contributed by atoms with E-state index in [1.807, 2.05) is 61.5 Å². The van der Waals surface area contributed by atoms with E-state index in [0.717, 1.165) is 11.1 Å². The normalized spacial score (nSPS) is 15.1. The quantitative estimate of drug-likeness (QED) is 0.574. The molecular formula is C25H25ClN2O3S. The van der Waals surface area contributed by atoms with Crippen molar-refractivity contribution in [3.8, 4) is 0 Å². The standard InChI is InChI=1S/C25H25ClN2O3S/c1-18(19-7-3-2-4-8-19)16-27-25(29)23-15-22(11-12-24(23)26)32(30,31)28-14-13-20-9-5-6-10-21(20)17-28/h2-12,15,18H,13-14,16-17H2,1H3,(H,27,29). The summed E-state index contributed by atoms with van der Waals surface area (Å²) in [6.07, 6.45) is 0.660. The molecule has 0 aliphatic carbocycles. The fraction of sp³-hybridized carbons (Fsp3) is 0.240. The van der Waals surface area contributed by atoms with Crippen molar-refractivity contribution in [1.29, 1.82) is 0 Å². The predicted molar refractivity (Wildman–Crippen MR) is 126 cm³/mol. The smallest absolute Gasteiger partial charge is 0.252 e. The molecule has 0 aromatic heterocycles. The lowest BCUT2D eigenvalue weighted by molar-refractivity contribution is 0.0951. The van der Waals surface area contributed by atoms with Crippen LogP contribution in [0, 0.1) is 0 Å². The van der Waals surface area contributed by atoms with E-state index < -0.39 is 10.0 Å². The van der Waals surface area contributed by atoms with E-state index in [0.29, 0.717) is 26.1 Å². The van der Waals surface area contributed by atoms with E-state index >= 15 is 0 Å². The number of nitrogens with one attached hydrogen (secondary N) is 1. The van der Waals surface area contributed by atoms with Gasteiger partial charge in [-0.15, -0.1) is 0 Å². The van der Waals surface area contributed by atoms with Gasteiger partial charge in [0.25, 0.3) is 5.91 Å². The highest BCUT2D eigenvalue weighted by Gasteiger charge is 2.29. The van der Waals surface area contributed by atoms with Crippen molar-refractivity contribution in [2.75, 3.05) is 13.1 Å². The van der Waals surface area contributed by atoms with Crippen molar-refractivity contribution in [3.63, 3.8) is 0 Å². The number of nitrogens with zero attached hydrogens (tertiary/aromatic N) is 1. The average Bonchev–Trinajstić information content (AvgIpc) is 2.82. The van der Waals surface area contributed by atoms with E-state index in [4.69, 9.17) is 11.6 Å². The molecule has 1 N–H and O–H groups in total. The summed E-state index contributed by atoms with van der Waals surface area (Å²) in [7, 11) is -3.76. The lowest BCUT2D eigenvalue weighted by Gasteiger charge is -2.28. The molecule has 3 aromatic carbocycles. The van der Waals surface area contributed by atoms with Gasteiger partial charge in [-0.2, -0.15) is 4.31 Å². The molecule has 0 saturated heterocycles. The summed E-state index contributed by atoms with van der Waals surface area (Å²) in [5, 5.41) is 3.10. The predicted octanol–water partition coefficient (Wildman–Crippen LogP) is 4.62. The second-order valence-corrected chi connectivity index (χ2v) is 10.4. The molecule has 166 valence electrons. The molecule has 7 heteroatoms. The maximum absolute atomic E-state index is 13.3. The highest BCUT2D eigenvalue weighted by atomic mass is 35.5. The van der Waals surface area contributed by atoms with Crippen LogP contribution in [0.1, 0.15) is 39.9 Å². The molecule has 0 radical (unpaired) electrons. The zero-order valence-electron chi connectivity index (χ0n) is 17.8. The maximum atomic E-state index is 13.3. The van der Waals surface area contributed by atoms with Gasteiger partial charge in [-0.25, -0.2) is 8.42 Å². The molecule has 4 rings (SSSR count).